The van der Waals surface area contributed by atoms with E-state index in [1.165, 1.54) is 0 Å². The van der Waals surface area contributed by atoms with Gasteiger partial charge in [-0.3, -0.25) is 14.8 Å². The molecule has 0 bridgehead atoms. The minimum absolute atomic E-state index is 0.203. The topological polar surface area (TPSA) is 80.9 Å². The number of rotatable bonds is 4. The highest BCUT2D eigenvalue weighted by molar-refractivity contribution is 5.96. The van der Waals surface area contributed by atoms with Crippen molar-refractivity contribution in [3.63, 3.8) is 0 Å². The first kappa shape index (κ1) is 14.9. The third-order valence-corrected chi connectivity index (χ3v) is 3.54. The zero-order chi connectivity index (χ0) is 16.2. The molecule has 6 heteroatoms. The number of carbonyl (C=O) groups is 1. The van der Waals surface area contributed by atoms with Gasteiger partial charge in [-0.25, -0.2) is 0 Å². The average Bonchev–Trinajstić information content (AvgIpc) is 2.92. The summed E-state index contributed by atoms with van der Waals surface area (Å²) in [5.74, 6) is 0.311. The van der Waals surface area contributed by atoms with Crippen molar-refractivity contribution in [2.45, 2.75) is 20.4 Å². The van der Waals surface area contributed by atoms with Crippen LogP contribution in [0.3, 0.4) is 0 Å². The predicted octanol–water partition coefficient (Wildman–Crippen LogP) is 2.68. The quantitative estimate of drug-likeness (QED) is 0.801. The number of hydrogen-bond acceptors (Lipinski definition) is 5. The van der Waals surface area contributed by atoms with Crippen LogP contribution in [0.1, 0.15) is 27.4 Å². The number of hydrogen-bond donors (Lipinski definition) is 1. The van der Waals surface area contributed by atoms with Gasteiger partial charge in [0.25, 0.3) is 5.91 Å². The Hall–Kier alpha value is -3.02. The molecule has 0 aliphatic carbocycles. The van der Waals surface area contributed by atoms with Crippen molar-refractivity contribution >= 4 is 5.91 Å². The Kier molecular flexibility index (Phi) is 4.14. The summed E-state index contributed by atoms with van der Waals surface area (Å²) in [5, 5.41) is 6.70. The number of carbonyl (C=O) groups excluding carboxylic acids is 1. The van der Waals surface area contributed by atoms with E-state index in [0.717, 1.165) is 16.8 Å². The van der Waals surface area contributed by atoms with Crippen LogP contribution < -0.4 is 5.32 Å². The van der Waals surface area contributed by atoms with E-state index in [9.17, 15) is 4.79 Å². The first-order valence-corrected chi connectivity index (χ1v) is 7.22. The van der Waals surface area contributed by atoms with Crippen molar-refractivity contribution in [3.05, 3.63) is 65.4 Å². The standard InChI is InChI=1S/C17H16N4O2/c1-11-15(12(2)23-21-11)17(22)20-10-14-4-3-7-19-16(14)13-5-8-18-9-6-13/h3-9H,10H2,1-2H3,(H,20,22). The molecule has 3 rings (SSSR count). The van der Waals surface area contributed by atoms with E-state index in [4.69, 9.17) is 4.52 Å². The number of amides is 1. The maximum atomic E-state index is 12.3. The summed E-state index contributed by atoms with van der Waals surface area (Å²) in [4.78, 5) is 20.8. The van der Waals surface area contributed by atoms with E-state index in [-0.39, 0.29) is 5.91 Å². The molecule has 3 heterocycles. The van der Waals surface area contributed by atoms with Crippen LogP contribution in [0.25, 0.3) is 11.3 Å². The maximum absolute atomic E-state index is 12.3. The molecule has 0 fully saturated rings. The monoisotopic (exact) mass is 308 g/mol. The van der Waals surface area contributed by atoms with Crippen molar-refractivity contribution < 1.29 is 9.32 Å². The molecule has 3 aromatic heterocycles. The summed E-state index contributed by atoms with van der Waals surface area (Å²) in [7, 11) is 0. The van der Waals surface area contributed by atoms with Crippen LogP contribution in [0.15, 0.2) is 47.4 Å². The Morgan fingerprint density at radius 1 is 1.17 bits per heavy atom. The van der Waals surface area contributed by atoms with Crippen LogP contribution >= 0.6 is 0 Å². The second-order valence-electron chi connectivity index (χ2n) is 5.13. The van der Waals surface area contributed by atoms with Crippen LogP contribution in [-0.4, -0.2) is 21.0 Å². The fourth-order valence-electron chi connectivity index (χ4n) is 2.42. The second kappa shape index (κ2) is 6.39. The molecule has 0 spiro atoms. The molecule has 23 heavy (non-hydrogen) atoms. The van der Waals surface area contributed by atoms with Crippen molar-refractivity contribution in [3.8, 4) is 11.3 Å². The molecule has 6 nitrogen and oxygen atoms in total. The van der Waals surface area contributed by atoms with Gasteiger partial charge in [0.1, 0.15) is 11.3 Å². The van der Waals surface area contributed by atoms with Gasteiger partial charge in [-0.05, 0) is 37.6 Å². The molecule has 0 aliphatic rings. The first-order chi connectivity index (χ1) is 11.2. The fourth-order valence-corrected chi connectivity index (χ4v) is 2.42. The minimum Gasteiger partial charge on any atom is -0.361 e. The molecule has 0 saturated heterocycles. The zero-order valence-corrected chi connectivity index (χ0v) is 12.9. The number of aryl methyl sites for hydroxylation is 2. The Bertz CT molecular complexity index is 808. The number of nitrogens with zero attached hydrogens (tertiary/aromatic N) is 3. The van der Waals surface area contributed by atoms with Crippen LogP contribution in [0.4, 0.5) is 0 Å². The number of pyridine rings is 2. The lowest BCUT2D eigenvalue weighted by Crippen LogP contribution is -2.24. The zero-order valence-electron chi connectivity index (χ0n) is 12.9. The van der Waals surface area contributed by atoms with Gasteiger partial charge in [-0.2, -0.15) is 0 Å². The molecule has 0 unspecified atom stereocenters. The van der Waals surface area contributed by atoms with Crippen molar-refractivity contribution in [1.29, 1.82) is 0 Å². The number of aromatic nitrogens is 3. The van der Waals surface area contributed by atoms with Crippen LogP contribution in [0.2, 0.25) is 0 Å². The molecule has 0 aliphatic heterocycles. The lowest BCUT2D eigenvalue weighted by molar-refractivity contribution is 0.0949. The van der Waals surface area contributed by atoms with E-state index >= 15 is 0 Å². The molecular weight excluding hydrogens is 292 g/mol. The molecule has 0 radical (unpaired) electrons. The molecule has 1 amide bonds. The highest BCUT2D eigenvalue weighted by Crippen LogP contribution is 2.20. The molecule has 3 aromatic rings. The van der Waals surface area contributed by atoms with Gasteiger partial charge in [0.05, 0.1) is 11.4 Å². The molecule has 1 N–H and O–H groups in total. The van der Waals surface area contributed by atoms with Gasteiger partial charge in [-0.15, -0.1) is 0 Å². The maximum Gasteiger partial charge on any atom is 0.257 e. The predicted molar refractivity (Wildman–Crippen MR) is 84.6 cm³/mol. The third-order valence-electron chi connectivity index (χ3n) is 3.54. The SMILES string of the molecule is Cc1noc(C)c1C(=O)NCc1cccnc1-c1ccncc1. The van der Waals surface area contributed by atoms with E-state index in [2.05, 4.69) is 20.4 Å². The Morgan fingerprint density at radius 3 is 2.65 bits per heavy atom. The molecule has 116 valence electrons. The summed E-state index contributed by atoms with van der Waals surface area (Å²) in [5.41, 5.74) is 3.79. The lowest BCUT2D eigenvalue weighted by atomic mass is 10.1. The fraction of sp³-hybridized carbons (Fsp3) is 0.176. The van der Waals surface area contributed by atoms with Gasteiger partial charge < -0.3 is 9.84 Å². The van der Waals surface area contributed by atoms with Gasteiger partial charge in [0.15, 0.2) is 0 Å². The molecule has 0 aromatic carbocycles. The normalized spacial score (nSPS) is 10.5. The Morgan fingerprint density at radius 2 is 1.96 bits per heavy atom. The summed E-state index contributed by atoms with van der Waals surface area (Å²) in [6, 6.07) is 7.57. The van der Waals surface area contributed by atoms with E-state index in [1.807, 2.05) is 24.3 Å². The van der Waals surface area contributed by atoms with Gasteiger partial charge >= 0.3 is 0 Å². The molecule has 0 saturated carbocycles. The largest absolute Gasteiger partial charge is 0.361 e. The Balaban J connectivity index is 1.81. The van der Waals surface area contributed by atoms with E-state index < -0.39 is 0 Å². The van der Waals surface area contributed by atoms with Crippen LogP contribution in [0, 0.1) is 13.8 Å². The highest BCUT2D eigenvalue weighted by atomic mass is 16.5. The van der Waals surface area contributed by atoms with E-state index in [1.54, 1.807) is 32.4 Å². The van der Waals surface area contributed by atoms with Crippen molar-refractivity contribution in [2.24, 2.45) is 0 Å². The molecular formula is C17H16N4O2. The van der Waals surface area contributed by atoms with Crippen LogP contribution in [-0.2, 0) is 6.54 Å². The minimum atomic E-state index is -0.203. The summed E-state index contributed by atoms with van der Waals surface area (Å²) < 4.78 is 5.03. The first-order valence-electron chi connectivity index (χ1n) is 7.22. The lowest BCUT2D eigenvalue weighted by Gasteiger charge is -2.09. The number of nitrogens with one attached hydrogen (secondary N) is 1. The van der Waals surface area contributed by atoms with Gasteiger partial charge in [0, 0.05) is 30.7 Å². The van der Waals surface area contributed by atoms with Gasteiger partial charge in [0.2, 0.25) is 0 Å². The molecule has 0 atom stereocenters. The van der Waals surface area contributed by atoms with Gasteiger partial charge in [-0.1, -0.05) is 11.2 Å². The summed E-state index contributed by atoms with van der Waals surface area (Å²) in [6.07, 6.45) is 5.17. The Labute approximate surface area is 133 Å². The van der Waals surface area contributed by atoms with Crippen LogP contribution in [0.5, 0.6) is 0 Å². The average molecular weight is 308 g/mol. The third kappa shape index (κ3) is 3.11. The summed E-state index contributed by atoms with van der Waals surface area (Å²) >= 11 is 0. The highest BCUT2D eigenvalue weighted by Gasteiger charge is 2.17. The summed E-state index contributed by atoms with van der Waals surface area (Å²) in [6.45, 7) is 3.84. The second-order valence-corrected chi connectivity index (χ2v) is 5.13. The van der Waals surface area contributed by atoms with Crippen molar-refractivity contribution in [2.75, 3.05) is 0 Å². The van der Waals surface area contributed by atoms with E-state index in [0.29, 0.717) is 23.6 Å². The van der Waals surface area contributed by atoms with Crippen molar-refractivity contribution in [1.82, 2.24) is 20.4 Å². The smallest absolute Gasteiger partial charge is 0.257 e.